The Morgan fingerprint density at radius 2 is 0.713 bits per heavy atom. The molecule has 0 spiro atoms. The first kappa shape index (κ1) is 113. The number of rotatable bonds is 35. The van der Waals surface area contributed by atoms with Crippen molar-refractivity contribution >= 4 is 81.1 Å². The third-order valence-corrected chi connectivity index (χ3v) is 27.0. The van der Waals surface area contributed by atoms with Gasteiger partial charge in [0.05, 0.1) is 48.5 Å². The van der Waals surface area contributed by atoms with Gasteiger partial charge in [0.25, 0.3) is 23.7 Å². The number of aromatic nitrogens is 12. The molecule has 0 radical (unpaired) electrons. The third-order valence-electron chi connectivity index (χ3n) is 25.3. The predicted octanol–water partition coefficient (Wildman–Crippen LogP) is 26.0. The van der Waals surface area contributed by atoms with Crippen molar-refractivity contribution in [3.05, 3.63) is 269 Å². The number of Topliss-reactive ketones (excluding diaryl/α,β-unsaturated/α-hetero) is 4. The summed E-state index contributed by atoms with van der Waals surface area (Å²) in [4.78, 5) is 143. The Hall–Kier alpha value is -12.0. The van der Waals surface area contributed by atoms with E-state index in [1.54, 1.807) is 129 Å². The van der Waals surface area contributed by atoms with Crippen molar-refractivity contribution in [2.75, 3.05) is 13.7 Å². The zero-order valence-electron chi connectivity index (χ0n) is 80.9. The highest BCUT2D eigenvalue weighted by Crippen LogP contribution is 2.46. The summed E-state index contributed by atoms with van der Waals surface area (Å²) < 4.78 is 176. The number of hydrogen-bond acceptors (Lipinski definition) is 18. The molecule has 0 bridgehead atoms. The molecule has 4 N–H and O–H groups in total. The Balaban J connectivity index is 0.000000196. The SMILES string of the molecule is CC(C)c1cc(-c2nc(-c3cc(CCC(=O)C(C)(C)C(C)(F)F)ccc3Cl)[nH]c(=O)n2)ccc1C(F)(F)F.CC(F)(F)C(C)(C)C(=O)CCc1ccc(Cl)c(-c2nc(-c3ccc(F)c(C4CC4)c3)nc(=O)[nH]2)c1.CCCCOc1ccc(-c2nc(-c3cc(CCC(=O)C(C)(C)C(C)(F)F)ccc3Cl)[nH]c(=O)n2)cc1.CO[C@](C)(C(=O)CCc1ccc(Cl)c(-c2nc(-c3ccc(Cl)c(C)c3)nc(=O)[nH]2)c1)C(C)(F)F. The van der Waals surface area contributed by atoms with Crippen LogP contribution in [0.25, 0.3) is 91.1 Å². The Labute approximate surface area is 841 Å². The number of aromatic amines is 4. The average Bonchev–Trinajstić information content (AvgIpc) is 1.76. The molecule has 760 valence electrons. The van der Waals surface area contributed by atoms with Crippen molar-refractivity contribution < 1.29 is 81.3 Å². The number of benzene rings is 8. The van der Waals surface area contributed by atoms with Crippen molar-refractivity contribution in [2.24, 2.45) is 16.2 Å². The maximum atomic E-state index is 14.2. The van der Waals surface area contributed by atoms with Crippen molar-refractivity contribution in [1.29, 1.82) is 0 Å². The second-order valence-electron chi connectivity index (χ2n) is 37.1. The number of ketones is 4. The van der Waals surface area contributed by atoms with E-state index < -0.39 is 109 Å². The Morgan fingerprint density at radius 3 is 1.03 bits per heavy atom. The second kappa shape index (κ2) is 46.0. The Bertz CT molecular complexity index is 6950. The standard InChI is InChI=1S/C27H27ClF5N3O2.C27H30ClF2N3O3.C26H25ClF3N3O2.C24H23Cl2F2N3O3/c1-14(2)17-13-16(8-9-19(17)27(31,32)33)22-34-23(36-24(38)35-22)18-12-15(6-10-20(18)28)7-11-21(37)25(3,4)26(5,29)30;1-5-6-15-36-19-11-9-18(10-12-19)23-31-24(33-25(35)32-23)20-16-17(7-13-21(20)28)8-14-22(34)26(2,3)27(4,29)30;1-25(2,26(3,29)30)21(34)11-5-14-4-9-19(27)18(12-14)23-31-22(32-24(35)33-23)16-8-10-20(28)17(13-16)15-6-7-15;1-13-11-15(7-9-17(13)25)20-29-21(31-22(33)30-20)16-12-14(5-8-18(16)26)6-10-19(32)23(2,34-4)24(3,27)28/h6,8-10,12-14H,7,11H2,1-5H3,(H,34,35,36,38);7,9-13,16H,5-6,8,14-15H2,1-4H3,(H,31,32,33,35);4,8-10,12-13,15H,5-7,11H2,1-3H3,(H,31,32,33,35);5,7-9,11-12H,6,10H2,1-4H3,(H,29,30,31,33)/t;;;23-/m...1/s1. The van der Waals surface area contributed by atoms with Gasteiger partial charge in [0.1, 0.15) is 52.2 Å². The molecular formula is C104H105Cl5F12N12O10. The van der Waals surface area contributed by atoms with Crippen molar-refractivity contribution in [2.45, 2.75) is 228 Å². The Morgan fingerprint density at radius 1 is 0.399 bits per heavy atom. The summed E-state index contributed by atoms with van der Waals surface area (Å²) in [7, 11) is 1.08. The number of unbranched alkanes of at least 4 members (excludes halogenated alkanes) is 1. The number of aryl methyl sites for hydroxylation is 5. The summed E-state index contributed by atoms with van der Waals surface area (Å²) in [5, 5.41) is 1.73. The quantitative estimate of drug-likeness (QED) is 0.0212. The van der Waals surface area contributed by atoms with Gasteiger partial charge in [0.2, 0.25) is 0 Å². The van der Waals surface area contributed by atoms with Gasteiger partial charge in [-0.05, 0) is 272 Å². The number of halogens is 17. The average molecular weight is 2090 g/mol. The van der Waals surface area contributed by atoms with Crippen LogP contribution in [-0.4, -0.2) is 126 Å². The lowest BCUT2D eigenvalue weighted by Gasteiger charge is -2.32. The molecule has 8 aromatic carbocycles. The van der Waals surface area contributed by atoms with Crippen LogP contribution in [0.5, 0.6) is 5.75 Å². The number of alkyl halides is 11. The zero-order valence-corrected chi connectivity index (χ0v) is 84.6. The molecule has 22 nitrogen and oxygen atoms in total. The molecule has 0 unspecified atom stereocenters. The second-order valence-corrected chi connectivity index (χ2v) is 39.1. The molecule has 4 heterocycles. The number of carbonyl (C=O) groups excluding carboxylic acids is 4. The lowest BCUT2D eigenvalue weighted by Crippen LogP contribution is -2.51. The van der Waals surface area contributed by atoms with E-state index in [1.165, 1.54) is 71.9 Å². The number of hydrogen-bond donors (Lipinski definition) is 4. The third kappa shape index (κ3) is 28.4. The monoisotopic (exact) mass is 2080 g/mol. The van der Waals surface area contributed by atoms with Crippen LogP contribution in [0.2, 0.25) is 25.1 Å². The van der Waals surface area contributed by atoms with E-state index in [2.05, 4.69) is 66.7 Å². The molecule has 0 aliphatic heterocycles. The summed E-state index contributed by atoms with van der Waals surface area (Å²) in [5.74, 6) is -14.1. The molecule has 39 heteroatoms. The van der Waals surface area contributed by atoms with Gasteiger partial charge in [0, 0.05) is 110 Å². The summed E-state index contributed by atoms with van der Waals surface area (Å²) >= 11 is 31.5. The van der Waals surface area contributed by atoms with Crippen LogP contribution < -0.4 is 27.5 Å². The van der Waals surface area contributed by atoms with Gasteiger partial charge < -0.3 is 9.47 Å². The van der Waals surface area contributed by atoms with E-state index >= 15 is 0 Å². The largest absolute Gasteiger partial charge is 0.494 e. The van der Waals surface area contributed by atoms with E-state index in [0.717, 1.165) is 65.2 Å². The Kier molecular flexibility index (Phi) is 36.3. The minimum atomic E-state index is -4.55. The lowest BCUT2D eigenvalue weighted by atomic mass is 9.80. The number of nitrogens with one attached hydrogen (secondary N) is 4. The van der Waals surface area contributed by atoms with E-state index in [-0.39, 0.29) is 131 Å². The number of ether oxygens (including phenoxy) is 2. The molecule has 1 atom stereocenters. The van der Waals surface area contributed by atoms with Gasteiger partial charge in [-0.3, -0.25) is 39.1 Å². The topological polar surface area (TPSA) is 321 Å². The first-order valence-electron chi connectivity index (χ1n) is 45.4. The molecule has 143 heavy (non-hydrogen) atoms. The van der Waals surface area contributed by atoms with Crippen LogP contribution >= 0.6 is 58.0 Å². The van der Waals surface area contributed by atoms with Crippen LogP contribution in [0.3, 0.4) is 0 Å². The fraction of sp³-hybridized carbons (Fsp3) is 0.385. The minimum absolute atomic E-state index is 0.0181. The van der Waals surface area contributed by atoms with Crippen LogP contribution in [0.1, 0.15) is 205 Å². The molecule has 1 fully saturated rings. The molecule has 1 aliphatic rings. The zero-order chi connectivity index (χ0) is 106. The normalized spacial score (nSPS) is 13.1. The molecular weight excluding hydrogens is 1980 g/mol. The van der Waals surface area contributed by atoms with Crippen molar-refractivity contribution in [1.82, 2.24) is 59.8 Å². The molecule has 1 saturated carbocycles. The number of H-pyrrole nitrogens is 4. The molecule has 0 saturated heterocycles. The number of carbonyl (C=O) groups is 4. The minimum Gasteiger partial charge on any atom is -0.494 e. The van der Waals surface area contributed by atoms with Crippen LogP contribution in [0.4, 0.5) is 52.7 Å². The number of nitrogens with zero attached hydrogens (tertiary/aromatic N) is 8. The van der Waals surface area contributed by atoms with Gasteiger partial charge >= 0.3 is 28.9 Å². The maximum absolute atomic E-state index is 14.2. The van der Waals surface area contributed by atoms with Gasteiger partial charge in [-0.1, -0.05) is 116 Å². The highest BCUT2D eigenvalue weighted by Gasteiger charge is 2.53. The molecule has 4 aromatic heterocycles. The van der Waals surface area contributed by atoms with Crippen LogP contribution in [-0.2, 0) is 55.8 Å². The van der Waals surface area contributed by atoms with Gasteiger partial charge in [-0.25, -0.2) is 78.6 Å². The molecule has 13 rings (SSSR count). The summed E-state index contributed by atoms with van der Waals surface area (Å²) in [6, 6.07) is 39.9. The van der Waals surface area contributed by atoms with Gasteiger partial charge in [0.15, 0.2) is 34.7 Å². The van der Waals surface area contributed by atoms with Gasteiger partial charge in [-0.15, -0.1) is 0 Å². The fourth-order valence-electron chi connectivity index (χ4n) is 14.3. The fourth-order valence-corrected chi connectivity index (χ4v) is 15.3. The first-order valence-corrected chi connectivity index (χ1v) is 47.2. The van der Waals surface area contributed by atoms with E-state index in [1.807, 2.05) is 6.92 Å². The maximum Gasteiger partial charge on any atom is 0.416 e. The summed E-state index contributed by atoms with van der Waals surface area (Å²) in [6.45, 7) is 19.1. The predicted molar refractivity (Wildman–Crippen MR) is 528 cm³/mol. The summed E-state index contributed by atoms with van der Waals surface area (Å²) in [6.07, 6.45) is -0.423. The highest BCUT2D eigenvalue weighted by atomic mass is 35.5. The van der Waals surface area contributed by atoms with Crippen LogP contribution in [0.15, 0.2) is 171 Å². The van der Waals surface area contributed by atoms with Crippen molar-refractivity contribution in [3.63, 3.8) is 0 Å². The lowest BCUT2D eigenvalue weighted by molar-refractivity contribution is -0.187. The highest BCUT2D eigenvalue weighted by molar-refractivity contribution is 6.34. The molecule has 12 aromatic rings. The number of methoxy groups -OCH3 is 1. The smallest absolute Gasteiger partial charge is 0.416 e. The van der Waals surface area contributed by atoms with Gasteiger partial charge in [-0.2, -0.15) is 33.1 Å². The van der Waals surface area contributed by atoms with E-state index in [0.29, 0.717) is 107 Å². The molecule has 1 aliphatic carbocycles. The van der Waals surface area contributed by atoms with E-state index in [4.69, 9.17) is 67.5 Å². The van der Waals surface area contributed by atoms with E-state index in [9.17, 15) is 91.0 Å². The van der Waals surface area contributed by atoms with Crippen molar-refractivity contribution in [3.8, 4) is 96.9 Å². The first-order chi connectivity index (χ1) is 66.5. The summed E-state index contributed by atoms with van der Waals surface area (Å²) in [5.41, 5.74) is -3.53. The van der Waals surface area contributed by atoms with Crippen LogP contribution in [0, 0.1) is 29.0 Å². The molecule has 0 amide bonds.